The van der Waals surface area contributed by atoms with Crippen LogP contribution in [0.15, 0.2) is 58.1 Å². The number of halogens is 1. The first-order valence-corrected chi connectivity index (χ1v) is 12.3. The molecule has 2 aromatic rings. The first kappa shape index (κ1) is 25.8. The van der Waals surface area contributed by atoms with Crippen LogP contribution in [0.1, 0.15) is 87.1 Å². The van der Waals surface area contributed by atoms with E-state index in [4.69, 9.17) is 4.74 Å². The number of hydrazone groups is 1. The molecule has 0 unspecified atom stereocenters. The van der Waals surface area contributed by atoms with Crippen LogP contribution < -0.4 is 10.2 Å². The second-order valence-corrected chi connectivity index (χ2v) is 8.66. The highest BCUT2D eigenvalue weighted by molar-refractivity contribution is 9.10. The fourth-order valence-electron chi connectivity index (χ4n) is 3.24. The standard InChI is InChI=1S/C26H33BrN2O3/c1-2-3-4-5-6-7-8-9-10-15-25(30)29-28-20-21-16-18-22(19-17-21)32-26(31)23-13-11-12-14-24(23)27/h11-14,16-20H,2-10,15H2,1H3,(H,29,30). The second-order valence-electron chi connectivity index (χ2n) is 7.81. The van der Waals surface area contributed by atoms with E-state index in [1.165, 1.54) is 44.9 Å². The fourth-order valence-corrected chi connectivity index (χ4v) is 3.69. The summed E-state index contributed by atoms with van der Waals surface area (Å²) < 4.78 is 6.08. The zero-order valence-electron chi connectivity index (χ0n) is 18.8. The number of amides is 1. The summed E-state index contributed by atoms with van der Waals surface area (Å²) in [7, 11) is 0. The van der Waals surface area contributed by atoms with Gasteiger partial charge in [0.15, 0.2) is 0 Å². The molecule has 1 amide bonds. The summed E-state index contributed by atoms with van der Waals surface area (Å²) in [5, 5.41) is 4.01. The maximum atomic E-state index is 12.2. The number of nitrogens with zero attached hydrogens (tertiary/aromatic N) is 1. The monoisotopic (exact) mass is 500 g/mol. The average Bonchev–Trinajstić information content (AvgIpc) is 2.79. The number of ether oxygens (including phenoxy) is 1. The number of unbranched alkanes of at least 4 members (excludes halogenated alkanes) is 8. The molecule has 2 rings (SSSR count). The average molecular weight is 501 g/mol. The third kappa shape index (κ3) is 10.2. The van der Waals surface area contributed by atoms with Gasteiger partial charge >= 0.3 is 5.97 Å². The van der Waals surface area contributed by atoms with E-state index in [1.807, 2.05) is 6.07 Å². The Kier molecular flexibility index (Phi) is 12.4. The van der Waals surface area contributed by atoms with Crippen LogP contribution in [0.4, 0.5) is 0 Å². The molecule has 172 valence electrons. The Hall–Kier alpha value is -2.47. The predicted molar refractivity (Wildman–Crippen MR) is 133 cm³/mol. The Morgan fingerprint density at radius 3 is 2.19 bits per heavy atom. The summed E-state index contributed by atoms with van der Waals surface area (Å²) in [5.74, 6) is -0.0527. The molecule has 0 spiro atoms. The van der Waals surface area contributed by atoms with Gasteiger partial charge in [-0.2, -0.15) is 5.10 Å². The quantitative estimate of drug-likeness (QED) is 0.0993. The Bertz CT molecular complexity index is 866. The molecule has 0 aliphatic carbocycles. The first-order chi connectivity index (χ1) is 15.6. The number of nitrogens with one attached hydrogen (secondary N) is 1. The molecule has 0 heterocycles. The lowest BCUT2D eigenvalue weighted by molar-refractivity contribution is -0.121. The van der Waals surface area contributed by atoms with Gasteiger partial charge in [0.2, 0.25) is 5.91 Å². The van der Waals surface area contributed by atoms with Crippen molar-refractivity contribution in [1.29, 1.82) is 0 Å². The molecule has 0 aromatic heterocycles. The summed E-state index contributed by atoms with van der Waals surface area (Å²) in [6.07, 6.45) is 13.1. The van der Waals surface area contributed by atoms with E-state index < -0.39 is 5.97 Å². The highest BCUT2D eigenvalue weighted by atomic mass is 79.9. The zero-order valence-corrected chi connectivity index (χ0v) is 20.4. The van der Waals surface area contributed by atoms with E-state index in [2.05, 4.69) is 33.4 Å². The van der Waals surface area contributed by atoms with Gasteiger partial charge in [0.25, 0.3) is 0 Å². The van der Waals surface area contributed by atoms with Crippen LogP contribution in [0, 0.1) is 0 Å². The van der Waals surface area contributed by atoms with Gasteiger partial charge in [-0.3, -0.25) is 4.79 Å². The van der Waals surface area contributed by atoms with Gasteiger partial charge in [-0.25, -0.2) is 10.2 Å². The van der Waals surface area contributed by atoms with Gasteiger partial charge in [-0.1, -0.05) is 70.4 Å². The Balaban J connectivity index is 1.63. The molecular weight excluding hydrogens is 468 g/mol. The third-order valence-electron chi connectivity index (χ3n) is 5.09. The number of carbonyl (C=O) groups is 2. The van der Waals surface area contributed by atoms with Crippen LogP contribution in [0.3, 0.4) is 0 Å². The van der Waals surface area contributed by atoms with E-state index in [9.17, 15) is 9.59 Å². The Morgan fingerprint density at radius 2 is 1.53 bits per heavy atom. The second kappa shape index (κ2) is 15.4. The van der Waals surface area contributed by atoms with Gasteiger partial charge in [0, 0.05) is 10.9 Å². The van der Waals surface area contributed by atoms with Crippen molar-refractivity contribution in [2.24, 2.45) is 5.10 Å². The molecule has 0 radical (unpaired) electrons. The highest BCUT2D eigenvalue weighted by Gasteiger charge is 2.11. The van der Waals surface area contributed by atoms with Crippen LogP contribution in [0.5, 0.6) is 5.75 Å². The lowest BCUT2D eigenvalue weighted by Gasteiger charge is -2.06. The number of rotatable bonds is 14. The molecule has 5 nitrogen and oxygen atoms in total. The first-order valence-electron chi connectivity index (χ1n) is 11.5. The molecule has 0 saturated heterocycles. The Labute approximate surface area is 199 Å². The van der Waals surface area contributed by atoms with Crippen molar-refractivity contribution in [3.8, 4) is 5.75 Å². The molecule has 0 fully saturated rings. The minimum absolute atomic E-state index is 0.0665. The van der Waals surface area contributed by atoms with Crippen LogP contribution in [0.25, 0.3) is 0 Å². The molecule has 0 saturated carbocycles. The number of hydrogen-bond acceptors (Lipinski definition) is 4. The normalized spacial score (nSPS) is 10.9. The molecule has 1 N–H and O–H groups in total. The minimum atomic E-state index is -0.428. The molecule has 32 heavy (non-hydrogen) atoms. The van der Waals surface area contributed by atoms with Gasteiger partial charge in [0.05, 0.1) is 11.8 Å². The van der Waals surface area contributed by atoms with Gasteiger partial charge in [0.1, 0.15) is 5.75 Å². The van der Waals surface area contributed by atoms with Crippen molar-refractivity contribution in [2.75, 3.05) is 0 Å². The van der Waals surface area contributed by atoms with E-state index in [0.717, 1.165) is 18.4 Å². The van der Waals surface area contributed by atoms with E-state index in [-0.39, 0.29) is 5.91 Å². The SMILES string of the molecule is CCCCCCCCCCCC(=O)NN=Cc1ccc(OC(=O)c2ccccc2Br)cc1. The van der Waals surface area contributed by atoms with Crippen molar-refractivity contribution < 1.29 is 14.3 Å². The van der Waals surface area contributed by atoms with Crippen LogP contribution in [-0.2, 0) is 4.79 Å². The summed E-state index contributed by atoms with van der Waals surface area (Å²) in [4.78, 5) is 24.1. The van der Waals surface area contributed by atoms with E-state index in [0.29, 0.717) is 22.2 Å². The van der Waals surface area contributed by atoms with Gasteiger partial charge < -0.3 is 4.74 Å². The van der Waals surface area contributed by atoms with Gasteiger partial charge in [-0.15, -0.1) is 0 Å². The van der Waals surface area contributed by atoms with Crippen LogP contribution in [0.2, 0.25) is 0 Å². The maximum absolute atomic E-state index is 12.2. The smallest absolute Gasteiger partial charge is 0.344 e. The topological polar surface area (TPSA) is 67.8 Å². The zero-order chi connectivity index (χ0) is 23.0. The summed E-state index contributed by atoms with van der Waals surface area (Å²) in [5.41, 5.74) is 3.84. The molecule has 0 bridgehead atoms. The lowest BCUT2D eigenvalue weighted by Crippen LogP contribution is -2.16. The predicted octanol–water partition coefficient (Wildman–Crippen LogP) is 7.04. The largest absolute Gasteiger partial charge is 0.423 e. The number of carbonyl (C=O) groups excluding carboxylic acids is 2. The summed E-state index contributed by atoms with van der Waals surface area (Å²) >= 11 is 3.35. The summed E-state index contributed by atoms with van der Waals surface area (Å²) in [6.45, 7) is 2.23. The third-order valence-corrected chi connectivity index (χ3v) is 5.79. The van der Waals surface area contributed by atoms with Crippen molar-refractivity contribution in [3.05, 3.63) is 64.1 Å². The number of esters is 1. The molecule has 6 heteroatoms. The Morgan fingerprint density at radius 1 is 0.906 bits per heavy atom. The van der Waals surface area contributed by atoms with Gasteiger partial charge in [-0.05, 0) is 64.3 Å². The molecule has 2 aromatic carbocycles. The highest BCUT2D eigenvalue weighted by Crippen LogP contribution is 2.19. The van der Waals surface area contributed by atoms with Crippen molar-refractivity contribution in [1.82, 2.24) is 5.43 Å². The number of hydrogen-bond donors (Lipinski definition) is 1. The van der Waals surface area contributed by atoms with Crippen molar-refractivity contribution in [2.45, 2.75) is 71.1 Å². The minimum Gasteiger partial charge on any atom is -0.423 e. The summed E-state index contributed by atoms with van der Waals surface area (Å²) in [6, 6.07) is 14.1. The van der Waals surface area contributed by atoms with Crippen LogP contribution in [-0.4, -0.2) is 18.1 Å². The maximum Gasteiger partial charge on any atom is 0.344 e. The lowest BCUT2D eigenvalue weighted by atomic mass is 10.1. The fraction of sp³-hybridized carbons (Fsp3) is 0.423. The van der Waals surface area contributed by atoms with E-state index in [1.54, 1.807) is 48.7 Å². The molecular formula is C26H33BrN2O3. The molecule has 0 aliphatic heterocycles. The number of benzene rings is 2. The van der Waals surface area contributed by atoms with Crippen LogP contribution >= 0.6 is 15.9 Å². The molecule has 0 atom stereocenters. The van der Waals surface area contributed by atoms with Crippen molar-refractivity contribution >= 4 is 34.0 Å². The van der Waals surface area contributed by atoms with E-state index >= 15 is 0 Å². The molecule has 0 aliphatic rings. The van der Waals surface area contributed by atoms with Crippen molar-refractivity contribution in [3.63, 3.8) is 0 Å².